The highest BCUT2D eigenvalue weighted by molar-refractivity contribution is 6.39. The summed E-state index contributed by atoms with van der Waals surface area (Å²) in [7, 11) is 0. The van der Waals surface area contributed by atoms with Gasteiger partial charge in [0.1, 0.15) is 0 Å². The molecule has 1 unspecified atom stereocenters. The first-order chi connectivity index (χ1) is 13.4. The van der Waals surface area contributed by atoms with Crippen LogP contribution in [0.15, 0.2) is 12.2 Å². The van der Waals surface area contributed by atoms with Crippen LogP contribution in [0, 0.1) is 46.3 Å². The molecular weight excluding hydrogens is 346 g/mol. The van der Waals surface area contributed by atoms with Crippen molar-refractivity contribution in [1.29, 1.82) is 0 Å². The highest BCUT2D eigenvalue weighted by Crippen LogP contribution is 2.65. The smallest absolute Gasteiger partial charge is 0.202 e. The van der Waals surface area contributed by atoms with Gasteiger partial charge < -0.3 is 5.32 Å². The van der Waals surface area contributed by atoms with Crippen molar-refractivity contribution in [2.45, 2.75) is 71.6 Å². The van der Waals surface area contributed by atoms with E-state index in [2.05, 4.69) is 31.3 Å². The summed E-state index contributed by atoms with van der Waals surface area (Å²) in [5.41, 5.74) is 0.369. The number of Topliss-reactive ketones (excluding diaryl/α,β-unsaturated/α-hetero) is 2. The number of ketones is 2. The van der Waals surface area contributed by atoms with E-state index in [0.29, 0.717) is 29.1 Å². The van der Waals surface area contributed by atoms with Gasteiger partial charge in [-0.3, -0.25) is 9.59 Å². The summed E-state index contributed by atoms with van der Waals surface area (Å²) in [5.74, 6) is 2.07. The largest absolute Gasteiger partial charge is 0.316 e. The van der Waals surface area contributed by atoms with Crippen LogP contribution in [0.5, 0.6) is 0 Å². The van der Waals surface area contributed by atoms with E-state index in [1.165, 1.54) is 32.1 Å². The first kappa shape index (κ1) is 19.0. The van der Waals surface area contributed by atoms with Crippen LogP contribution >= 0.6 is 0 Å². The Morgan fingerprint density at radius 2 is 1.71 bits per heavy atom. The maximum atomic E-state index is 13.3. The lowest BCUT2D eigenvalue weighted by Crippen LogP contribution is -2.60. The number of hydrogen-bond donors (Lipinski definition) is 1. The first-order valence-corrected chi connectivity index (χ1v) is 11.9. The highest BCUT2D eigenvalue weighted by atomic mass is 16.2. The van der Waals surface area contributed by atoms with Gasteiger partial charge in [0, 0.05) is 18.4 Å². The van der Waals surface area contributed by atoms with Gasteiger partial charge in [-0.15, -0.1) is 0 Å². The molecule has 3 nitrogen and oxygen atoms in total. The summed E-state index contributed by atoms with van der Waals surface area (Å²) in [6.45, 7) is 6.98. The van der Waals surface area contributed by atoms with Crippen LogP contribution in [0.1, 0.15) is 71.6 Å². The van der Waals surface area contributed by atoms with E-state index in [9.17, 15) is 9.59 Å². The number of allylic oxidation sites excluding steroid dienone is 1. The fourth-order valence-corrected chi connectivity index (χ4v) is 8.11. The summed E-state index contributed by atoms with van der Waals surface area (Å²) in [6, 6.07) is 0. The van der Waals surface area contributed by atoms with E-state index in [1.54, 1.807) is 0 Å². The van der Waals surface area contributed by atoms with Crippen molar-refractivity contribution < 1.29 is 9.59 Å². The van der Waals surface area contributed by atoms with Gasteiger partial charge in [-0.2, -0.15) is 0 Å². The Kier molecular flexibility index (Phi) is 4.61. The molecule has 1 aliphatic heterocycles. The molecule has 0 bridgehead atoms. The molecule has 0 aromatic carbocycles. The molecule has 5 fully saturated rings. The minimum Gasteiger partial charge on any atom is -0.316 e. The van der Waals surface area contributed by atoms with Crippen molar-refractivity contribution in [3.05, 3.63) is 12.2 Å². The van der Waals surface area contributed by atoms with E-state index >= 15 is 0 Å². The van der Waals surface area contributed by atoms with E-state index in [4.69, 9.17) is 0 Å². The lowest BCUT2D eigenvalue weighted by atomic mass is 9.44. The number of carbonyl (C=O) groups excluding carboxylic acids is 2. The topological polar surface area (TPSA) is 46.2 Å². The van der Waals surface area contributed by atoms with Crippen LogP contribution in [0.2, 0.25) is 0 Å². The van der Waals surface area contributed by atoms with Gasteiger partial charge in [-0.1, -0.05) is 32.4 Å². The first-order valence-electron chi connectivity index (χ1n) is 11.9. The number of hydrogen-bond acceptors (Lipinski definition) is 3. The van der Waals surface area contributed by atoms with Crippen molar-refractivity contribution in [2.24, 2.45) is 46.3 Å². The van der Waals surface area contributed by atoms with E-state index < -0.39 is 0 Å². The van der Waals surface area contributed by atoms with Crippen LogP contribution in [-0.2, 0) is 9.59 Å². The fraction of sp³-hybridized carbons (Fsp3) is 0.840. The molecule has 0 amide bonds. The van der Waals surface area contributed by atoms with E-state index in [-0.39, 0.29) is 28.8 Å². The highest BCUT2D eigenvalue weighted by Gasteiger charge is 2.63. The SMILES string of the molecule is C[C@@]12CCC[C@H]1[C@@H]1C(=O)C(=O)C3C[C@H](/C=C\[C@H]4CCNC4)CC[C@]3(C)[C@H]1CC2. The van der Waals surface area contributed by atoms with Crippen molar-refractivity contribution in [3.8, 4) is 0 Å². The second kappa shape index (κ2) is 6.79. The zero-order chi connectivity index (χ0) is 19.5. The Balaban J connectivity index is 1.38. The van der Waals surface area contributed by atoms with Gasteiger partial charge in [0.15, 0.2) is 0 Å². The van der Waals surface area contributed by atoms with Crippen molar-refractivity contribution in [1.82, 2.24) is 5.32 Å². The summed E-state index contributed by atoms with van der Waals surface area (Å²) in [5, 5.41) is 3.43. The minimum absolute atomic E-state index is 0.000494. The van der Waals surface area contributed by atoms with Gasteiger partial charge in [0.05, 0.1) is 0 Å². The van der Waals surface area contributed by atoms with Crippen LogP contribution in [0.25, 0.3) is 0 Å². The lowest BCUT2D eigenvalue weighted by molar-refractivity contribution is -0.167. The molecule has 0 aromatic heterocycles. The Hall–Kier alpha value is -0.960. The molecule has 0 spiro atoms. The molecule has 154 valence electrons. The molecule has 4 aliphatic carbocycles. The average Bonchev–Trinajstić information content (AvgIpc) is 3.33. The molecule has 0 aromatic rings. The Morgan fingerprint density at radius 3 is 2.50 bits per heavy atom. The van der Waals surface area contributed by atoms with E-state index in [1.807, 2.05) is 0 Å². The number of rotatable bonds is 2. The Bertz CT molecular complexity index is 693. The monoisotopic (exact) mass is 383 g/mol. The van der Waals surface area contributed by atoms with Crippen molar-refractivity contribution in [2.75, 3.05) is 13.1 Å². The van der Waals surface area contributed by atoms with Gasteiger partial charge in [-0.25, -0.2) is 0 Å². The van der Waals surface area contributed by atoms with Crippen LogP contribution in [0.4, 0.5) is 0 Å². The molecule has 0 radical (unpaired) electrons. The molecule has 1 heterocycles. The molecule has 4 saturated carbocycles. The number of carbonyl (C=O) groups is 2. The summed E-state index contributed by atoms with van der Waals surface area (Å²) in [6.07, 6.45) is 15.3. The maximum Gasteiger partial charge on any atom is 0.202 e. The molecule has 8 atom stereocenters. The third-order valence-corrected chi connectivity index (χ3v) is 9.90. The quantitative estimate of drug-likeness (QED) is 0.562. The second-order valence-electron chi connectivity index (χ2n) is 11.3. The zero-order valence-electron chi connectivity index (χ0n) is 17.7. The molecule has 3 heteroatoms. The average molecular weight is 384 g/mol. The van der Waals surface area contributed by atoms with Crippen molar-refractivity contribution in [3.63, 3.8) is 0 Å². The third-order valence-electron chi connectivity index (χ3n) is 9.90. The predicted molar refractivity (Wildman–Crippen MR) is 111 cm³/mol. The Labute approximate surface area is 170 Å². The van der Waals surface area contributed by atoms with Crippen LogP contribution in [0.3, 0.4) is 0 Å². The second-order valence-corrected chi connectivity index (χ2v) is 11.3. The van der Waals surface area contributed by atoms with Crippen molar-refractivity contribution >= 4 is 11.6 Å². The lowest BCUT2D eigenvalue weighted by Gasteiger charge is -2.58. The van der Waals surface area contributed by atoms with E-state index in [0.717, 1.165) is 38.8 Å². The summed E-state index contributed by atoms with van der Waals surface area (Å²) in [4.78, 5) is 26.7. The Morgan fingerprint density at radius 1 is 0.893 bits per heavy atom. The molecule has 1 N–H and O–H groups in total. The molecule has 5 aliphatic rings. The molecule has 28 heavy (non-hydrogen) atoms. The predicted octanol–water partition coefficient (Wildman–Crippen LogP) is 4.56. The van der Waals surface area contributed by atoms with Crippen LogP contribution < -0.4 is 5.32 Å². The fourth-order valence-electron chi connectivity index (χ4n) is 8.11. The third kappa shape index (κ3) is 2.79. The normalized spacial score (nSPS) is 51.2. The van der Waals surface area contributed by atoms with Gasteiger partial charge >= 0.3 is 0 Å². The standard InChI is InChI=1S/C25H37NO2/c1-24-10-3-4-18(24)21-19(8-11-24)25(2)12-7-16(5-6-17-9-13-26-15-17)14-20(25)22(27)23(21)28/h5-6,16-21,26H,3-4,7-15H2,1-2H3/b6-5-/t16-,17+,18+,19+,20?,21+,24+,25-/m1/s1. The van der Waals surface area contributed by atoms with Gasteiger partial charge in [0.2, 0.25) is 11.6 Å². The van der Waals surface area contributed by atoms with Gasteiger partial charge in [0.25, 0.3) is 0 Å². The summed E-state index contributed by atoms with van der Waals surface area (Å²) >= 11 is 0. The molecule has 1 saturated heterocycles. The molecular formula is C25H37NO2. The number of fused-ring (bicyclic) bond motifs is 5. The van der Waals surface area contributed by atoms with Gasteiger partial charge in [-0.05, 0) is 92.4 Å². The summed E-state index contributed by atoms with van der Waals surface area (Å²) < 4.78 is 0. The minimum atomic E-state index is -0.0305. The molecule has 5 rings (SSSR count). The zero-order valence-corrected chi connectivity index (χ0v) is 17.7. The van der Waals surface area contributed by atoms with Crippen LogP contribution in [-0.4, -0.2) is 24.7 Å². The number of nitrogens with one attached hydrogen (secondary N) is 1. The maximum absolute atomic E-state index is 13.3.